The van der Waals surface area contributed by atoms with Gasteiger partial charge in [0.25, 0.3) is 0 Å². The largest absolute Gasteiger partial charge is 0.370 e. The lowest BCUT2D eigenvalue weighted by molar-refractivity contribution is -0.118. The van der Waals surface area contributed by atoms with Crippen LogP contribution in [0.5, 0.6) is 0 Å². The normalized spacial score (nSPS) is 15.0. The van der Waals surface area contributed by atoms with E-state index in [4.69, 9.17) is 10.3 Å². The molecule has 1 aliphatic rings. The number of nitrogens with two attached hydrogens (primary N) is 1. The maximum absolute atomic E-state index is 11.2. The molecule has 0 spiro atoms. The number of hydrogen-bond donors (Lipinski definition) is 1. The highest BCUT2D eigenvalue weighted by Gasteiger charge is 2.31. The molecule has 0 aliphatic heterocycles. The molecule has 0 bridgehead atoms. The maximum atomic E-state index is 11.2. The van der Waals surface area contributed by atoms with Crippen LogP contribution in [0.1, 0.15) is 49.1 Å². The van der Waals surface area contributed by atoms with Gasteiger partial charge < -0.3 is 14.8 Å². The number of nitrogens with zero attached hydrogens (tertiary/aromatic N) is 5. The molecule has 4 rings (SSSR count). The van der Waals surface area contributed by atoms with Crippen LogP contribution < -0.4 is 5.73 Å². The van der Waals surface area contributed by atoms with Crippen LogP contribution in [-0.2, 0) is 11.3 Å². The molecule has 1 atom stereocenters. The molecule has 1 saturated carbocycles. The molecule has 1 unspecified atom stereocenters. The van der Waals surface area contributed by atoms with Gasteiger partial charge in [0.15, 0.2) is 5.16 Å². The second-order valence-corrected chi connectivity index (χ2v) is 7.87. The zero-order chi connectivity index (χ0) is 18.8. The van der Waals surface area contributed by atoms with Gasteiger partial charge in [0, 0.05) is 24.4 Å². The molecule has 27 heavy (non-hydrogen) atoms. The molecule has 2 heterocycles. The molecule has 2 N–H and O–H groups in total. The van der Waals surface area contributed by atoms with E-state index in [2.05, 4.69) is 20.3 Å². The van der Waals surface area contributed by atoms with Gasteiger partial charge in [-0.25, -0.2) is 0 Å². The van der Waals surface area contributed by atoms with Gasteiger partial charge >= 0.3 is 0 Å². The Bertz CT molecular complexity index is 934. The summed E-state index contributed by atoms with van der Waals surface area (Å²) in [7, 11) is 0. The zero-order valence-electron chi connectivity index (χ0n) is 14.9. The fraction of sp³-hybridized carbons (Fsp3) is 0.389. The summed E-state index contributed by atoms with van der Waals surface area (Å²) in [5, 5.41) is 13.4. The van der Waals surface area contributed by atoms with Crippen LogP contribution in [0.25, 0.3) is 11.4 Å². The van der Waals surface area contributed by atoms with Crippen LogP contribution in [0, 0.1) is 0 Å². The fourth-order valence-electron chi connectivity index (χ4n) is 2.78. The zero-order valence-corrected chi connectivity index (χ0v) is 15.7. The summed E-state index contributed by atoms with van der Waals surface area (Å²) in [6.45, 7) is 2.47. The second-order valence-electron chi connectivity index (χ2n) is 6.57. The van der Waals surface area contributed by atoms with Crippen molar-refractivity contribution < 1.29 is 9.32 Å². The minimum absolute atomic E-state index is 0.0986. The maximum Gasteiger partial charge on any atom is 0.240 e. The average Bonchev–Trinajstić information content (AvgIpc) is 3.25. The van der Waals surface area contributed by atoms with E-state index in [9.17, 15) is 4.79 Å². The Morgan fingerprint density at radius 3 is 2.81 bits per heavy atom. The van der Waals surface area contributed by atoms with Gasteiger partial charge in [-0.1, -0.05) is 47.3 Å². The van der Waals surface area contributed by atoms with Gasteiger partial charge in [-0.3, -0.25) is 4.79 Å². The molecule has 1 fully saturated rings. The van der Waals surface area contributed by atoms with Gasteiger partial charge in [-0.15, -0.1) is 10.2 Å². The van der Waals surface area contributed by atoms with E-state index in [1.54, 1.807) is 0 Å². The van der Waals surface area contributed by atoms with Gasteiger partial charge in [0.1, 0.15) is 5.82 Å². The number of hydrogen-bond acceptors (Lipinski definition) is 7. The smallest absolute Gasteiger partial charge is 0.240 e. The predicted octanol–water partition coefficient (Wildman–Crippen LogP) is 2.93. The second kappa shape index (κ2) is 7.51. The van der Waals surface area contributed by atoms with Crippen LogP contribution in [0.4, 0.5) is 0 Å². The third-order valence-electron chi connectivity index (χ3n) is 4.37. The average molecular weight is 384 g/mol. The van der Waals surface area contributed by atoms with E-state index in [1.165, 1.54) is 11.8 Å². The van der Waals surface area contributed by atoms with E-state index < -0.39 is 0 Å². The van der Waals surface area contributed by atoms with Crippen LogP contribution in [0.2, 0.25) is 0 Å². The van der Waals surface area contributed by atoms with Gasteiger partial charge in [-0.05, 0) is 19.8 Å². The number of aromatic nitrogens is 5. The van der Waals surface area contributed by atoms with Crippen molar-refractivity contribution in [2.24, 2.45) is 5.73 Å². The molecule has 1 aliphatic carbocycles. The highest BCUT2D eigenvalue weighted by atomic mass is 32.2. The lowest BCUT2D eigenvalue weighted by Gasteiger charge is -2.10. The summed E-state index contributed by atoms with van der Waals surface area (Å²) in [6, 6.07) is 9.69. The van der Waals surface area contributed by atoms with E-state index in [0.29, 0.717) is 24.2 Å². The van der Waals surface area contributed by atoms with E-state index in [-0.39, 0.29) is 17.6 Å². The molecule has 140 valence electrons. The Balaban J connectivity index is 1.52. The number of carbonyl (C=O) groups excluding carboxylic acids is 1. The molecule has 3 aromatic rings. The first kappa shape index (κ1) is 17.7. The molecule has 1 aromatic carbocycles. The minimum atomic E-state index is -0.334. The monoisotopic (exact) mass is 384 g/mol. The van der Waals surface area contributed by atoms with E-state index >= 15 is 0 Å². The molecule has 2 aromatic heterocycles. The predicted molar refractivity (Wildman–Crippen MR) is 99.8 cm³/mol. The quantitative estimate of drug-likeness (QED) is 0.594. The number of primary amides is 1. The highest BCUT2D eigenvalue weighted by molar-refractivity contribution is 7.99. The summed E-state index contributed by atoms with van der Waals surface area (Å²) in [5.41, 5.74) is 6.23. The van der Waals surface area contributed by atoms with Crippen molar-refractivity contribution in [3.05, 3.63) is 42.0 Å². The molecular weight excluding hydrogens is 364 g/mol. The van der Waals surface area contributed by atoms with Crippen molar-refractivity contribution in [2.75, 3.05) is 0 Å². The molecule has 8 nitrogen and oxygen atoms in total. The molecule has 0 saturated heterocycles. The third kappa shape index (κ3) is 4.02. The number of amides is 1. The first-order chi connectivity index (χ1) is 13.1. The fourth-order valence-corrected chi connectivity index (χ4v) is 3.69. The molecule has 1 amide bonds. The molecular formula is C18H20N6O2S. The number of thioether (sulfide) groups is 1. The lowest BCUT2D eigenvalue weighted by atomic mass is 10.2. The molecule has 9 heteroatoms. The Kier molecular flexibility index (Phi) is 4.93. The van der Waals surface area contributed by atoms with Crippen molar-refractivity contribution in [3.8, 4) is 11.4 Å². The Labute approximate surface area is 160 Å². The molecule has 0 radical (unpaired) electrons. The van der Waals surface area contributed by atoms with Gasteiger partial charge in [0.2, 0.25) is 17.6 Å². The Morgan fingerprint density at radius 2 is 2.11 bits per heavy atom. The lowest BCUT2D eigenvalue weighted by Crippen LogP contribution is -2.15. The van der Waals surface area contributed by atoms with Crippen LogP contribution in [0.15, 0.2) is 40.0 Å². The summed E-state index contributed by atoms with van der Waals surface area (Å²) >= 11 is 1.49. The Morgan fingerprint density at radius 1 is 1.33 bits per heavy atom. The summed E-state index contributed by atoms with van der Waals surface area (Å²) < 4.78 is 7.44. The number of benzene rings is 1. The SMILES string of the molecule is CC(Sc1nnc(C2CC2)n1CCC(N)=O)c1nc(-c2ccccc2)no1. The van der Waals surface area contributed by atoms with Crippen LogP contribution in [0.3, 0.4) is 0 Å². The van der Waals surface area contributed by atoms with Crippen molar-refractivity contribution in [3.63, 3.8) is 0 Å². The van der Waals surface area contributed by atoms with Crippen molar-refractivity contribution in [1.82, 2.24) is 24.9 Å². The van der Waals surface area contributed by atoms with Crippen molar-refractivity contribution >= 4 is 17.7 Å². The van der Waals surface area contributed by atoms with Crippen molar-refractivity contribution in [1.29, 1.82) is 0 Å². The van der Waals surface area contributed by atoms with E-state index in [0.717, 1.165) is 29.4 Å². The van der Waals surface area contributed by atoms with Crippen LogP contribution in [-0.4, -0.2) is 30.8 Å². The topological polar surface area (TPSA) is 113 Å². The van der Waals surface area contributed by atoms with Gasteiger partial charge in [0.05, 0.1) is 5.25 Å². The first-order valence-electron chi connectivity index (χ1n) is 8.89. The first-order valence-corrected chi connectivity index (χ1v) is 9.77. The summed E-state index contributed by atoms with van der Waals surface area (Å²) in [5.74, 6) is 2.12. The third-order valence-corrected chi connectivity index (χ3v) is 5.44. The van der Waals surface area contributed by atoms with Crippen molar-refractivity contribution in [2.45, 2.75) is 49.1 Å². The summed E-state index contributed by atoms with van der Waals surface area (Å²) in [6.07, 6.45) is 2.48. The number of rotatable bonds is 8. The Hall–Kier alpha value is -2.68. The van der Waals surface area contributed by atoms with E-state index in [1.807, 2.05) is 41.8 Å². The number of carbonyl (C=O) groups is 1. The van der Waals surface area contributed by atoms with Crippen LogP contribution >= 0.6 is 11.8 Å². The highest BCUT2D eigenvalue weighted by Crippen LogP contribution is 2.41. The van der Waals surface area contributed by atoms with Gasteiger partial charge in [-0.2, -0.15) is 4.98 Å². The minimum Gasteiger partial charge on any atom is -0.370 e. The standard InChI is InChI=1S/C18H20N6O2S/c1-11(17-20-15(23-26-17)12-5-3-2-4-6-12)27-18-22-21-16(13-7-8-13)24(18)10-9-14(19)25/h2-6,11,13H,7-10H2,1H3,(H2,19,25). The summed E-state index contributed by atoms with van der Waals surface area (Å²) in [4.78, 5) is 15.7.